The Kier molecular flexibility index (Phi) is 6.55. The number of nitrogens with zero attached hydrogens (tertiary/aromatic N) is 5. The predicted molar refractivity (Wildman–Crippen MR) is 139 cm³/mol. The van der Waals surface area contributed by atoms with Gasteiger partial charge in [-0.2, -0.15) is 0 Å². The van der Waals surface area contributed by atoms with Gasteiger partial charge in [0.15, 0.2) is 5.76 Å². The largest absolute Gasteiger partial charge is 0.494 e. The molecule has 0 aliphatic heterocycles. The summed E-state index contributed by atoms with van der Waals surface area (Å²) in [6.45, 7) is 3.19. The van der Waals surface area contributed by atoms with Gasteiger partial charge in [-0.25, -0.2) is 13.4 Å². The second-order valence-electron chi connectivity index (χ2n) is 8.51. The van der Waals surface area contributed by atoms with Gasteiger partial charge in [0.25, 0.3) is 0 Å². The molecule has 4 aromatic heterocycles. The van der Waals surface area contributed by atoms with Crippen molar-refractivity contribution in [2.24, 2.45) is 0 Å². The number of hydrogen-bond donors (Lipinski definition) is 2. The minimum atomic E-state index is -4.22. The summed E-state index contributed by atoms with van der Waals surface area (Å²) in [5.41, 5.74) is 1.32. The van der Waals surface area contributed by atoms with Crippen LogP contribution >= 0.6 is 0 Å². The lowest BCUT2D eigenvalue weighted by Gasteiger charge is -2.22. The summed E-state index contributed by atoms with van der Waals surface area (Å²) in [6, 6.07) is 13.7. The van der Waals surface area contributed by atoms with Crippen molar-refractivity contribution in [1.29, 1.82) is 0 Å². The van der Waals surface area contributed by atoms with Gasteiger partial charge < -0.3 is 23.4 Å². The Balaban J connectivity index is 1.60. The summed E-state index contributed by atoms with van der Waals surface area (Å²) in [4.78, 5) is 4.19. The van der Waals surface area contributed by atoms with Crippen LogP contribution in [0.15, 0.2) is 65.3 Å². The van der Waals surface area contributed by atoms with Gasteiger partial charge in [0.05, 0.1) is 19.9 Å². The standard InChI is InChI=1S/C25H26N6O6S/c1-15-11-12-20(37-15)24-27-28-25(31(24)22-18(35-3)8-6-9-19(22)36-4)29-38(33,34)16(2)23(32)17-7-5-10-21-26-13-14-30(17)21/h5-14,16,23,32H,1-4H3,(H,28,29). The average molecular weight is 539 g/mol. The highest BCUT2D eigenvalue weighted by atomic mass is 32.2. The van der Waals surface area contributed by atoms with Crippen molar-refractivity contribution in [2.75, 3.05) is 18.9 Å². The molecule has 2 N–H and O–H groups in total. The number of furan rings is 1. The number of hydrogen-bond acceptors (Lipinski definition) is 9. The molecular weight excluding hydrogens is 512 g/mol. The first-order chi connectivity index (χ1) is 18.2. The zero-order valence-corrected chi connectivity index (χ0v) is 21.9. The van der Waals surface area contributed by atoms with Crippen LogP contribution < -0.4 is 14.2 Å². The van der Waals surface area contributed by atoms with Crippen molar-refractivity contribution in [3.63, 3.8) is 0 Å². The van der Waals surface area contributed by atoms with Crippen molar-refractivity contribution in [3.05, 3.63) is 72.4 Å². The summed E-state index contributed by atoms with van der Waals surface area (Å²) < 4.78 is 49.6. The molecule has 0 bridgehead atoms. The Morgan fingerprint density at radius 3 is 2.39 bits per heavy atom. The van der Waals surface area contributed by atoms with Crippen LogP contribution in [0.1, 0.15) is 24.5 Å². The number of para-hydroxylation sites is 1. The van der Waals surface area contributed by atoms with E-state index in [1.807, 2.05) is 0 Å². The number of methoxy groups -OCH3 is 2. The second-order valence-corrected chi connectivity index (χ2v) is 10.5. The van der Waals surface area contributed by atoms with Crippen LogP contribution in [0.25, 0.3) is 22.9 Å². The molecule has 198 valence electrons. The minimum absolute atomic E-state index is 0.142. The van der Waals surface area contributed by atoms with Gasteiger partial charge in [-0.1, -0.05) is 12.1 Å². The molecule has 5 aromatic rings. The zero-order valence-electron chi connectivity index (χ0n) is 21.1. The first-order valence-corrected chi connectivity index (χ1v) is 13.1. The molecule has 38 heavy (non-hydrogen) atoms. The summed E-state index contributed by atoms with van der Waals surface area (Å²) in [5.74, 6) is 1.83. The fourth-order valence-electron chi connectivity index (χ4n) is 4.17. The third kappa shape index (κ3) is 4.35. The maximum absolute atomic E-state index is 13.6. The molecule has 5 rings (SSSR count). The van der Waals surface area contributed by atoms with E-state index in [2.05, 4.69) is 19.9 Å². The molecule has 0 spiro atoms. The fraction of sp³-hybridized carbons (Fsp3) is 0.240. The van der Waals surface area contributed by atoms with Crippen molar-refractivity contribution in [1.82, 2.24) is 24.1 Å². The van der Waals surface area contributed by atoms with Crippen LogP contribution in [0.5, 0.6) is 11.5 Å². The number of fused-ring (bicyclic) bond motifs is 1. The quantitative estimate of drug-likeness (QED) is 0.288. The monoisotopic (exact) mass is 538 g/mol. The number of anilines is 1. The molecule has 0 fully saturated rings. The zero-order chi connectivity index (χ0) is 27.0. The Morgan fingerprint density at radius 2 is 1.74 bits per heavy atom. The van der Waals surface area contributed by atoms with Gasteiger partial charge >= 0.3 is 0 Å². The van der Waals surface area contributed by atoms with E-state index in [9.17, 15) is 13.5 Å². The highest BCUT2D eigenvalue weighted by Crippen LogP contribution is 2.38. The number of ether oxygens (including phenoxy) is 2. The lowest BCUT2D eigenvalue weighted by Crippen LogP contribution is -2.32. The summed E-state index contributed by atoms with van der Waals surface area (Å²) in [5, 5.41) is 18.1. The maximum atomic E-state index is 13.6. The van der Waals surface area contributed by atoms with E-state index >= 15 is 0 Å². The van der Waals surface area contributed by atoms with E-state index in [1.165, 1.54) is 25.7 Å². The molecule has 0 amide bonds. The van der Waals surface area contributed by atoms with Gasteiger partial charge in [0.1, 0.15) is 39.9 Å². The molecule has 0 aliphatic carbocycles. The first-order valence-electron chi connectivity index (χ1n) is 11.6. The maximum Gasteiger partial charge on any atom is 0.243 e. The number of sulfonamides is 1. The molecule has 0 saturated heterocycles. The SMILES string of the molecule is COc1cccc(OC)c1-n1c(NS(=O)(=O)C(C)C(O)c2cccc3nccn23)nnc1-c1ccc(C)o1. The third-order valence-corrected chi connectivity index (χ3v) is 7.88. The van der Waals surface area contributed by atoms with Crippen molar-refractivity contribution in [2.45, 2.75) is 25.2 Å². The number of aliphatic hydroxyl groups is 1. The Morgan fingerprint density at radius 1 is 1.03 bits per heavy atom. The Hall–Kier alpha value is -4.36. The first kappa shape index (κ1) is 25.3. The smallest absolute Gasteiger partial charge is 0.243 e. The fourth-order valence-corrected chi connectivity index (χ4v) is 5.22. The van der Waals surface area contributed by atoms with Crippen LogP contribution in [-0.4, -0.2) is 57.1 Å². The molecule has 0 aliphatic rings. The molecule has 0 radical (unpaired) electrons. The van der Waals surface area contributed by atoms with Gasteiger partial charge in [0, 0.05) is 12.4 Å². The van der Waals surface area contributed by atoms with E-state index < -0.39 is 21.4 Å². The van der Waals surface area contributed by atoms with E-state index in [0.29, 0.717) is 40.0 Å². The molecule has 12 nitrogen and oxygen atoms in total. The molecule has 2 unspecified atom stereocenters. The highest BCUT2D eigenvalue weighted by molar-refractivity contribution is 7.93. The molecular formula is C25H26N6O6S. The average Bonchev–Trinajstić information content (AvgIpc) is 3.66. The van der Waals surface area contributed by atoms with Crippen LogP contribution in [0, 0.1) is 6.92 Å². The van der Waals surface area contributed by atoms with Crippen molar-refractivity contribution in [3.8, 4) is 28.8 Å². The minimum Gasteiger partial charge on any atom is -0.494 e. The van der Waals surface area contributed by atoms with Gasteiger partial charge in [0.2, 0.25) is 21.8 Å². The van der Waals surface area contributed by atoms with Crippen LogP contribution in [-0.2, 0) is 10.0 Å². The summed E-state index contributed by atoms with van der Waals surface area (Å²) in [6.07, 6.45) is 1.85. The van der Waals surface area contributed by atoms with E-state index in [1.54, 1.807) is 72.2 Å². The molecule has 4 heterocycles. The molecule has 0 saturated carbocycles. The van der Waals surface area contributed by atoms with Crippen molar-refractivity contribution >= 4 is 21.6 Å². The van der Waals surface area contributed by atoms with E-state index in [-0.39, 0.29) is 11.8 Å². The van der Waals surface area contributed by atoms with Crippen LogP contribution in [0.4, 0.5) is 5.95 Å². The van der Waals surface area contributed by atoms with Gasteiger partial charge in [-0.15, -0.1) is 10.2 Å². The molecule has 13 heteroatoms. The number of imidazole rings is 1. The Labute approximate surface area is 218 Å². The lowest BCUT2D eigenvalue weighted by molar-refractivity contribution is 0.170. The van der Waals surface area contributed by atoms with Crippen LogP contribution in [0.3, 0.4) is 0 Å². The molecule has 1 aromatic carbocycles. The number of benzene rings is 1. The van der Waals surface area contributed by atoms with E-state index in [4.69, 9.17) is 13.9 Å². The number of aliphatic hydroxyl groups excluding tert-OH is 1. The number of aromatic nitrogens is 5. The third-order valence-electron chi connectivity index (χ3n) is 6.18. The normalized spacial score (nSPS) is 13.4. The number of aryl methyl sites for hydroxylation is 1. The van der Waals surface area contributed by atoms with Gasteiger partial charge in [-0.3, -0.25) is 9.29 Å². The topological polar surface area (TPSA) is 146 Å². The highest BCUT2D eigenvalue weighted by Gasteiger charge is 2.33. The summed E-state index contributed by atoms with van der Waals surface area (Å²) >= 11 is 0. The Bertz CT molecular complexity index is 1680. The molecule has 2 atom stereocenters. The van der Waals surface area contributed by atoms with Gasteiger partial charge in [-0.05, 0) is 50.2 Å². The van der Waals surface area contributed by atoms with E-state index in [0.717, 1.165) is 0 Å². The number of rotatable bonds is 9. The van der Waals surface area contributed by atoms with Crippen LogP contribution in [0.2, 0.25) is 0 Å². The number of pyridine rings is 1. The predicted octanol–water partition coefficient (Wildman–Crippen LogP) is 3.36. The number of nitrogens with one attached hydrogen (secondary N) is 1. The second kappa shape index (κ2) is 9.84. The van der Waals surface area contributed by atoms with Crippen molar-refractivity contribution < 1.29 is 27.4 Å². The lowest BCUT2D eigenvalue weighted by atomic mass is 10.2. The summed E-state index contributed by atoms with van der Waals surface area (Å²) in [7, 11) is -1.25.